The van der Waals surface area contributed by atoms with Crippen molar-refractivity contribution in [3.8, 4) is 0 Å². The van der Waals surface area contributed by atoms with Gasteiger partial charge in [-0.2, -0.15) is 4.31 Å². The van der Waals surface area contributed by atoms with E-state index >= 15 is 0 Å². The van der Waals surface area contributed by atoms with Crippen LogP contribution in [0.1, 0.15) is 11.8 Å². The summed E-state index contributed by atoms with van der Waals surface area (Å²) in [6.45, 7) is 0.200. The zero-order valence-corrected chi connectivity index (χ0v) is 15.6. The summed E-state index contributed by atoms with van der Waals surface area (Å²) in [5.41, 5.74) is 0.331. The maximum atomic E-state index is 13.6. The van der Waals surface area contributed by atoms with Crippen LogP contribution in [0.5, 0.6) is 0 Å². The molecule has 4 rings (SSSR count). The molecule has 0 radical (unpaired) electrons. The zero-order chi connectivity index (χ0) is 19.9. The fraction of sp³-hybridized carbons (Fsp3) is 0.294. The highest BCUT2D eigenvalue weighted by Crippen LogP contribution is 2.32. The first kappa shape index (κ1) is 18.6. The first-order valence-electron chi connectivity index (χ1n) is 8.43. The molecule has 1 aliphatic heterocycles. The molecule has 1 fully saturated rings. The van der Waals surface area contributed by atoms with Crippen LogP contribution >= 0.6 is 0 Å². The van der Waals surface area contributed by atoms with Gasteiger partial charge in [0.25, 0.3) is 10.0 Å². The summed E-state index contributed by atoms with van der Waals surface area (Å²) in [7, 11) is -2.14. The van der Waals surface area contributed by atoms with Gasteiger partial charge in [0.2, 0.25) is 0 Å². The van der Waals surface area contributed by atoms with Crippen LogP contribution in [-0.2, 0) is 17.1 Å². The first-order valence-corrected chi connectivity index (χ1v) is 9.87. The predicted octanol–water partition coefficient (Wildman–Crippen LogP) is 1.96. The van der Waals surface area contributed by atoms with Crippen molar-refractivity contribution in [1.82, 2.24) is 18.8 Å². The average Bonchev–Trinajstić information content (AvgIpc) is 3.38. The molecule has 1 saturated heterocycles. The number of nitrogens with one attached hydrogen (secondary N) is 1. The molecule has 8 nitrogen and oxygen atoms in total. The van der Waals surface area contributed by atoms with Gasteiger partial charge in [-0.05, 0) is 12.1 Å². The summed E-state index contributed by atoms with van der Waals surface area (Å²) in [6, 6.07) is 2.97. The van der Waals surface area contributed by atoms with Gasteiger partial charge in [0, 0.05) is 38.1 Å². The van der Waals surface area contributed by atoms with E-state index in [-0.39, 0.29) is 18.1 Å². The highest BCUT2D eigenvalue weighted by atomic mass is 32.2. The molecule has 0 bridgehead atoms. The second-order valence-electron chi connectivity index (χ2n) is 6.56. The van der Waals surface area contributed by atoms with Crippen LogP contribution in [0.25, 0.3) is 0 Å². The lowest BCUT2D eigenvalue weighted by Gasteiger charge is -2.19. The molecule has 1 N–H and O–H groups in total. The summed E-state index contributed by atoms with van der Waals surface area (Å²) in [6.07, 6.45) is 5.71. The maximum Gasteiger partial charge on any atom is 0.262 e. The van der Waals surface area contributed by atoms with Crippen molar-refractivity contribution in [3.05, 3.63) is 60.7 Å². The summed E-state index contributed by atoms with van der Waals surface area (Å²) >= 11 is 0. The van der Waals surface area contributed by atoms with Gasteiger partial charge in [-0.3, -0.25) is 0 Å². The Kier molecular flexibility index (Phi) is 4.63. The van der Waals surface area contributed by atoms with Gasteiger partial charge in [0.15, 0.2) is 22.6 Å². The molecule has 3 heterocycles. The SMILES string of the molecule is Cn1cnc(S(=O)(=O)N2CC(Nc3ccc(F)c(F)c3)C(c3ncco3)C2)c1. The summed E-state index contributed by atoms with van der Waals surface area (Å²) in [5.74, 6) is -2.00. The van der Waals surface area contributed by atoms with E-state index in [4.69, 9.17) is 4.42 Å². The van der Waals surface area contributed by atoms with Gasteiger partial charge in [-0.1, -0.05) is 0 Å². The molecule has 2 aromatic heterocycles. The van der Waals surface area contributed by atoms with E-state index in [9.17, 15) is 17.2 Å². The minimum atomic E-state index is -3.82. The van der Waals surface area contributed by atoms with Gasteiger partial charge < -0.3 is 14.3 Å². The van der Waals surface area contributed by atoms with Crippen molar-refractivity contribution in [3.63, 3.8) is 0 Å². The van der Waals surface area contributed by atoms with E-state index in [0.29, 0.717) is 11.6 Å². The van der Waals surface area contributed by atoms with E-state index < -0.39 is 33.6 Å². The minimum Gasteiger partial charge on any atom is -0.449 e. The molecule has 2 unspecified atom stereocenters. The van der Waals surface area contributed by atoms with E-state index in [1.54, 1.807) is 11.6 Å². The summed E-state index contributed by atoms with van der Waals surface area (Å²) in [4.78, 5) is 8.07. The van der Waals surface area contributed by atoms with E-state index in [1.165, 1.54) is 35.4 Å². The van der Waals surface area contributed by atoms with Crippen LogP contribution in [0.4, 0.5) is 14.5 Å². The molecule has 2 atom stereocenters. The van der Waals surface area contributed by atoms with Crippen molar-refractivity contribution in [2.24, 2.45) is 7.05 Å². The number of halogens is 2. The third kappa shape index (κ3) is 3.38. The van der Waals surface area contributed by atoms with Gasteiger partial charge >= 0.3 is 0 Å². The van der Waals surface area contributed by atoms with Crippen molar-refractivity contribution in [2.45, 2.75) is 17.0 Å². The van der Waals surface area contributed by atoms with Crippen LogP contribution in [0.3, 0.4) is 0 Å². The second-order valence-corrected chi connectivity index (χ2v) is 8.44. The summed E-state index contributed by atoms with van der Waals surface area (Å²) in [5, 5.41) is 3.01. The lowest BCUT2D eigenvalue weighted by atomic mass is 10.0. The number of rotatable bonds is 5. The number of hydrogen-bond donors (Lipinski definition) is 1. The quantitative estimate of drug-likeness (QED) is 0.693. The molecular formula is C17H17F2N5O3S. The Bertz CT molecular complexity index is 1080. The molecule has 0 saturated carbocycles. The first-order chi connectivity index (χ1) is 13.3. The predicted molar refractivity (Wildman–Crippen MR) is 95.0 cm³/mol. The number of imidazole rings is 1. The molecule has 1 aliphatic rings. The third-order valence-corrected chi connectivity index (χ3v) is 6.33. The minimum absolute atomic E-state index is 0.0605. The third-order valence-electron chi connectivity index (χ3n) is 4.61. The number of nitrogens with zero attached hydrogens (tertiary/aromatic N) is 4. The molecule has 1 aromatic carbocycles. The number of oxazole rings is 1. The molecule has 11 heteroatoms. The van der Waals surface area contributed by atoms with Crippen LogP contribution in [-0.4, -0.2) is 46.4 Å². The molecule has 148 valence electrons. The number of sulfonamides is 1. The lowest BCUT2D eigenvalue weighted by Crippen LogP contribution is -2.32. The van der Waals surface area contributed by atoms with Crippen LogP contribution in [0.15, 0.2) is 52.6 Å². The lowest BCUT2D eigenvalue weighted by molar-refractivity contribution is 0.431. The van der Waals surface area contributed by atoms with Gasteiger partial charge in [-0.15, -0.1) is 0 Å². The van der Waals surface area contributed by atoms with Crippen molar-refractivity contribution in [1.29, 1.82) is 0 Å². The number of aryl methyl sites for hydroxylation is 1. The second kappa shape index (κ2) is 6.99. The highest BCUT2D eigenvalue weighted by Gasteiger charge is 2.43. The Morgan fingerprint density at radius 3 is 2.68 bits per heavy atom. The van der Waals surface area contributed by atoms with E-state index in [0.717, 1.165) is 12.1 Å². The average molecular weight is 409 g/mol. The number of anilines is 1. The fourth-order valence-corrected chi connectivity index (χ4v) is 4.69. The number of hydrogen-bond acceptors (Lipinski definition) is 6. The Hall–Kier alpha value is -2.79. The molecule has 0 amide bonds. The molecule has 28 heavy (non-hydrogen) atoms. The van der Waals surface area contributed by atoms with Gasteiger partial charge in [0.1, 0.15) is 6.26 Å². The Morgan fingerprint density at radius 2 is 2.04 bits per heavy atom. The Balaban J connectivity index is 1.63. The summed E-state index contributed by atoms with van der Waals surface area (Å²) < 4.78 is 60.8. The molecular weight excluding hydrogens is 392 g/mol. The molecule has 0 aliphatic carbocycles. The van der Waals surface area contributed by atoms with E-state index in [2.05, 4.69) is 15.3 Å². The highest BCUT2D eigenvalue weighted by molar-refractivity contribution is 7.89. The monoisotopic (exact) mass is 409 g/mol. The smallest absolute Gasteiger partial charge is 0.262 e. The van der Waals surface area contributed by atoms with Crippen molar-refractivity contribution in [2.75, 3.05) is 18.4 Å². The van der Waals surface area contributed by atoms with Gasteiger partial charge in [-0.25, -0.2) is 27.2 Å². The van der Waals surface area contributed by atoms with Crippen molar-refractivity contribution >= 4 is 15.7 Å². The Labute approximate surface area is 159 Å². The zero-order valence-electron chi connectivity index (χ0n) is 14.8. The molecule has 0 spiro atoms. The largest absolute Gasteiger partial charge is 0.449 e. The number of aromatic nitrogens is 3. The van der Waals surface area contributed by atoms with Crippen LogP contribution in [0.2, 0.25) is 0 Å². The van der Waals surface area contributed by atoms with Crippen LogP contribution < -0.4 is 5.32 Å². The van der Waals surface area contributed by atoms with Crippen molar-refractivity contribution < 1.29 is 21.6 Å². The maximum absolute atomic E-state index is 13.6. The Morgan fingerprint density at radius 1 is 1.21 bits per heavy atom. The normalized spacial score (nSPS) is 20.5. The standard InChI is InChI=1S/C17H17F2N5O3S/c1-23-9-16(21-10-23)28(25,26)24-7-12(17-20-4-5-27-17)15(8-24)22-11-2-3-13(18)14(19)6-11/h2-6,9-10,12,15,22H,7-8H2,1H3. The van der Waals surface area contributed by atoms with Gasteiger partial charge in [0.05, 0.1) is 24.5 Å². The fourth-order valence-electron chi connectivity index (χ4n) is 3.23. The molecule has 3 aromatic rings. The number of benzene rings is 1. The van der Waals surface area contributed by atoms with Crippen LogP contribution in [0, 0.1) is 11.6 Å². The van der Waals surface area contributed by atoms with E-state index in [1.807, 2.05) is 0 Å². The topological polar surface area (TPSA) is 93.3 Å².